The van der Waals surface area contributed by atoms with Crippen LogP contribution in [0.25, 0.3) is 0 Å². The molecule has 2 aliphatic rings. The van der Waals surface area contributed by atoms with E-state index in [0.29, 0.717) is 5.92 Å². The van der Waals surface area contributed by atoms with Gasteiger partial charge < -0.3 is 4.74 Å². The lowest BCUT2D eigenvalue weighted by atomic mass is 9.65. The second-order valence-corrected chi connectivity index (χ2v) is 7.22. The lowest BCUT2D eigenvalue weighted by Crippen LogP contribution is -2.30. The molecule has 2 heteroatoms. The average Bonchev–Trinajstić information content (AvgIpc) is 2.91. The highest BCUT2D eigenvalue weighted by Crippen LogP contribution is 2.48. The van der Waals surface area contributed by atoms with Crippen molar-refractivity contribution < 1.29 is 4.74 Å². The van der Waals surface area contributed by atoms with Gasteiger partial charge in [0.05, 0.1) is 18.1 Å². The minimum Gasteiger partial charge on any atom is -0.493 e. The molecule has 1 atom stereocenters. The minimum absolute atomic E-state index is 0.128. The molecule has 112 valence electrons. The van der Waals surface area contributed by atoms with Crippen molar-refractivity contribution in [1.82, 2.24) is 0 Å². The number of hydrogen-bond donors (Lipinski definition) is 0. The van der Waals surface area contributed by atoms with Crippen molar-refractivity contribution in [2.24, 2.45) is 17.3 Å². The van der Waals surface area contributed by atoms with Gasteiger partial charge in [0.1, 0.15) is 5.75 Å². The zero-order valence-corrected chi connectivity index (χ0v) is 13.1. The summed E-state index contributed by atoms with van der Waals surface area (Å²) in [4.78, 5) is 0. The third kappa shape index (κ3) is 2.79. The lowest BCUT2D eigenvalue weighted by Gasteiger charge is -2.37. The van der Waals surface area contributed by atoms with Gasteiger partial charge >= 0.3 is 0 Å². The molecule has 1 aliphatic heterocycles. The molecule has 3 rings (SSSR count). The van der Waals surface area contributed by atoms with Crippen molar-refractivity contribution in [3.05, 3.63) is 29.8 Å². The summed E-state index contributed by atoms with van der Waals surface area (Å²) >= 11 is 0. The molecule has 0 amide bonds. The Kier molecular flexibility index (Phi) is 3.93. The number of para-hydroxylation sites is 1. The van der Waals surface area contributed by atoms with Gasteiger partial charge in [-0.1, -0.05) is 32.0 Å². The van der Waals surface area contributed by atoms with Gasteiger partial charge in [-0.3, -0.25) is 0 Å². The van der Waals surface area contributed by atoms with E-state index in [1.807, 2.05) is 12.1 Å². The fourth-order valence-electron chi connectivity index (χ4n) is 4.09. The maximum Gasteiger partial charge on any atom is 0.122 e. The first-order valence-electron chi connectivity index (χ1n) is 8.26. The van der Waals surface area contributed by atoms with Crippen LogP contribution < -0.4 is 4.74 Å². The summed E-state index contributed by atoms with van der Waals surface area (Å²) in [5, 5.41) is 9.78. The predicted octanol–water partition coefficient (Wildman–Crippen LogP) is 4.91. The zero-order chi connectivity index (χ0) is 14.9. The van der Waals surface area contributed by atoms with Crippen LogP contribution in [0.5, 0.6) is 5.75 Å². The van der Waals surface area contributed by atoms with Gasteiger partial charge in [-0.05, 0) is 50.0 Å². The molecule has 0 bridgehead atoms. The molecule has 0 N–H and O–H groups in total. The van der Waals surface area contributed by atoms with Crippen LogP contribution >= 0.6 is 0 Å². The molecule has 0 spiro atoms. The van der Waals surface area contributed by atoms with Gasteiger partial charge in [-0.15, -0.1) is 0 Å². The first-order chi connectivity index (χ1) is 10.1. The van der Waals surface area contributed by atoms with Gasteiger partial charge in [-0.25, -0.2) is 0 Å². The molecule has 0 saturated heterocycles. The summed E-state index contributed by atoms with van der Waals surface area (Å²) in [5.74, 6) is 2.97. The van der Waals surface area contributed by atoms with E-state index in [-0.39, 0.29) is 5.41 Å². The number of nitrogens with zero attached hydrogens (tertiary/aromatic N) is 1. The van der Waals surface area contributed by atoms with Crippen molar-refractivity contribution in [2.75, 3.05) is 6.61 Å². The number of hydrogen-bond acceptors (Lipinski definition) is 2. The predicted molar refractivity (Wildman–Crippen MR) is 84.1 cm³/mol. The second kappa shape index (κ2) is 5.72. The molecule has 0 aromatic heterocycles. The third-order valence-electron chi connectivity index (χ3n) is 5.60. The van der Waals surface area contributed by atoms with Crippen molar-refractivity contribution in [3.63, 3.8) is 0 Å². The SMILES string of the molecule is CC(C)C1CCC(C#N)(CC2COc3ccccc32)CC1. The van der Waals surface area contributed by atoms with Gasteiger partial charge in [-0.2, -0.15) is 5.26 Å². The van der Waals surface area contributed by atoms with Crippen molar-refractivity contribution >= 4 is 0 Å². The Morgan fingerprint density at radius 1 is 1.29 bits per heavy atom. The van der Waals surface area contributed by atoms with Crippen molar-refractivity contribution in [3.8, 4) is 11.8 Å². The molecule has 1 fully saturated rings. The summed E-state index contributed by atoms with van der Waals surface area (Å²) in [5.41, 5.74) is 1.18. The molecule has 2 nitrogen and oxygen atoms in total. The summed E-state index contributed by atoms with van der Waals surface area (Å²) in [6.45, 7) is 5.37. The first kappa shape index (κ1) is 14.4. The summed E-state index contributed by atoms with van der Waals surface area (Å²) < 4.78 is 5.79. The topological polar surface area (TPSA) is 33.0 Å². The summed E-state index contributed by atoms with van der Waals surface area (Å²) in [7, 11) is 0. The van der Waals surface area contributed by atoms with E-state index in [1.54, 1.807) is 0 Å². The van der Waals surface area contributed by atoms with E-state index in [2.05, 4.69) is 32.0 Å². The molecule has 1 unspecified atom stereocenters. The van der Waals surface area contributed by atoms with Crippen LogP contribution in [0.1, 0.15) is 57.4 Å². The summed E-state index contributed by atoms with van der Waals surface area (Å²) in [6.07, 6.45) is 5.50. The van der Waals surface area contributed by atoms with E-state index in [1.165, 1.54) is 18.4 Å². The molecule has 1 aromatic carbocycles. The Morgan fingerprint density at radius 2 is 2.00 bits per heavy atom. The smallest absolute Gasteiger partial charge is 0.122 e. The van der Waals surface area contributed by atoms with E-state index >= 15 is 0 Å². The molecular weight excluding hydrogens is 258 g/mol. The Bertz CT molecular complexity index is 535. The molecule has 1 heterocycles. The number of fused-ring (bicyclic) bond motifs is 1. The molecule has 1 aromatic rings. The highest BCUT2D eigenvalue weighted by Gasteiger charge is 2.40. The second-order valence-electron chi connectivity index (χ2n) is 7.22. The van der Waals surface area contributed by atoms with Crippen LogP contribution in [0, 0.1) is 28.6 Å². The monoisotopic (exact) mass is 283 g/mol. The van der Waals surface area contributed by atoms with Crippen LogP contribution in [0.15, 0.2) is 24.3 Å². The Labute approximate surface area is 128 Å². The standard InChI is InChI=1S/C19H25NO/c1-14(2)15-7-9-19(13-20,10-8-15)11-16-12-21-18-6-4-3-5-17(16)18/h3-6,14-16H,7-12H2,1-2H3. The molecule has 1 saturated carbocycles. The highest BCUT2D eigenvalue weighted by atomic mass is 16.5. The Hall–Kier alpha value is -1.49. The van der Waals surface area contributed by atoms with Crippen LogP contribution in [0.3, 0.4) is 0 Å². The van der Waals surface area contributed by atoms with E-state index < -0.39 is 0 Å². The fraction of sp³-hybridized carbons (Fsp3) is 0.632. The van der Waals surface area contributed by atoms with E-state index in [0.717, 1.165) is 43.5 Å². The zero-order valence-electron chi connectivity index (χ0n) is 13.1. The van der Waals surface area contributed by atoms with Crippen LogP contribution in [0.2, 0.25) is 0 Å². The van der Waals surface area contributed by atoms with E-state index in [9.17, 15) is 5.26 Å². The first-order valence-corrected chi connectivity index (χ1v) is 8.26. The van der Waals surface area contributed by atoms with Gasteiger partial charge in [0.15, 0.2) is 0 Å². The quantitative estimate of drug-likeness (QED) is 0.789. The minimum atomic E-state index is -0.128. The maximum absolute atomic E-state index is 9.78. The fourth-order valence-corrected chi connectivity index (χ4v) is 4.09. The number of benzene rings is 1. The highest BCUT2D eigenvalue weighted by molar-refractivity contribution is 5.40. The lowest BCUT2D eigenvalue weighted by molar-refractivity contribution is 0.152. The van der Waals surface area contributed by atoms with Crippen molar-refractivity contribution in [1.29, 1.82) is 5.26 Å². The number of ether oxygens (including phenoxy) is 1. The summed E-state index contributed by atoms with van der Waals surface area (Å²) in [6, 6.07) is 11.0. The van der Waals surface area contributed by atoms with Gasteiger partial charge in [0.2, 0.25) is 0 Å². The maximum atomic E-state index is 9.78. The molecular formula is C19H25NO. The van der Waals surface area contributed by atoms with E-state index in [4.69, 9.17) is 4.74 Å². The number of nitriles is 1. The Morgan fingerprint density at radius 3 is 2.67 bits per heavy atom. The number of rotatable bonds is 3. The molecule has 21 heavy (non-hydrogen) atoms. The van der Waals surface area contributed by atoms with Crippen LogP contribution in [-0.2, 0) is 0 Å². The van der Waals surface area contributed by atoms with Gasteiger partial charge in [0.25, 0.3) is 0 Å². The van der Waals surface area contributed by atoms with Crippen molar-refractivity contribution in [2.45, 2.75) is 51.9 Å². The van der Waals surface area contributed by atoms with Gasteiger partial charge in [0, 0.05) is 11.5 Å². The largest absolute Gasteiger partial charge is 0.493 e. The molecule has 0 radical (unpaired) electrons. The molecule has 1 aliphatic carbocycles. The third-order valence-corrected chi connectivity index (χ3v) is 5.60. The normalized spacial score (nSPS) is 31.5. The van der Waals surface area contributed by atoms with Crippen LogP contribution in [-0.4, -0.2) is 6.61 Å². The van der Waals surface area contributed by atoms with Crippen LogP contribution in [0.4, 0.5) is 0 Å². The Balaban J connectivity index is 1.71. The average molecular weight is 283 g/mol.